The molecule has 7 heteroatoms. The van der Waals surface area contributed by atoms with E-state index in [2.05, 4.69) is 10.6 Å². The highest BCUT2D eigenvalue weighted by molar-refractivity contribution is 5.94. The highest BCUT2D eigenvalue weighted by atomic mass is 19.1. The monoisotopic (exact) mass is 445 g/mol. The van der Waals surface area contributed by atoms with E-state index in [4.69, 9.17) is 5.73 Å². The summed E-state index contributed by atoms with van der Waals surface area (Å²) in [4.78, 5) is 37.6. The van der Waals surface area contributed by atoms with E-state index in [1.165, 1.54) is 25.1 Å². The van der Waals surface area contributed by atoms with Gasteiger partial charge in [-0.25, -0.2) is 4.39 Å². The van der Waals surface area contributed by atoms with Gasteiger partial charge in [0, 0.05) is 19.3 Å². The molecule has 0 radical (unpaired) electrons. The Hall–Kier alpha value is -4.00. The summed E-state index contributed by atoms with van der Waals surface area (Å²) < 4.78 is 13.6. The first-order chi connectivity index (χ1) is 15.8. The summed E-state index contributed by atoms with van der Waals surface area (Å²) >= 11 is 0. The molecular formula is C26H24FN3O3. The Balaban J connectivity index is 1.65. The number of carbonyl (C=O) groups is 3. The largest absolute Gasteiger partial charge is 0.368 e. The molecule has 3 aromatic rings. The SMILES string of the molecule is CC(=O)N[C@H](Cc1cccc(F)c1)C(=O)N[C@H](C(N)=O)C1c2ccccc2-c2ccccc21. The molecule has 33 heavy (non-hydrogen) atoms. The van der Waals surface area contributed by atoms with Gasteiger partial charge in [0.2, 0.25) is 17.7 Å². The predicted octanol–water partition coefficient (Wildman–Crippen LogP) is 2.66. The number of benzene rings is 3. The Morgan fingerprint density at radius 3 is 2.06 bits per heavy atom. The fourth-order valence-electron chi connectivity index (χ4n) is 4.48. The van der Waals surface area contributed by atoms with Crippen LogP contribution in [0.3, 0.4) is 0 Å². The lowest BCUT2D eigenvalue weighted by Gasteiger charge is -2.26. The molecule has 3 amide bonds. The van der Waals surface area contributed by atoms with E-state index >= 15 is 0 Å². The molecule has 3 aromatic carbocycles. The van der Waals surface area contributed by atoms with Crippen molar-refractivity contribution < 1.29 is 18.8 Å². The zero-order valence-electron chi connectivity index (χ0n) is 18.0. The molecule has 1 aliphatic rings. The van der Waals surface area contributed by atoms with Crippen LogP contribution >= 0.6 is 0 Å². The van der Waals surface area contributed by atoms with Gasteiger partial charge in [-0.05, 0) is 39.9 Å². The van der Waals surface area contributed by atoms with Gasteiger partial charge in [0.1, 0.15) is 17.9 Å². The number of rotatable bonds is 7. The predicted molar refractivity (Wildman–Crippen MR) is 123 cm³/mol. The summed E-state index contributed by atoms with van der Waals surface area (Å²) in [5, 5.41) is 5.35. The number of primary amides is 1. The summed E-state index contributed by atoms with van der Waals surface area (Å²) in [7, 11) is 0. The Labute approximate surface area is 191 Å². The Morgan fingerprint density at radius 1 is 0.909 bits per heavy atom. The third-order valence-corrected chi connectivity index (χ3v) is 5.84. The minimum atomic E-state index is -1.04. The van der Waals surface area contributed by atoms with Gasteiger partial charge in [-0.15, -0.1) is 0 Å². The Kier molecular flexibility index (Phi) is 6.22. The third kappa shape index (κ3) is 4.62. The topological polar surface area (TPSA) is 101 Å². The van der Waals surface area contributed by atoms with Gasteiger partial charge in [0.05, 0.1) is 0 Å². The van der Waals surface area contributed by atoms with Crippen molar-refractivity contribution in [3.8, 4) is 11.1 Å². The average molecular weight is 445 g/mol. The minimum absolute atomic E-state index is 0.0620. The van der Waals surface area contributed by atoms with Gasteiger partial charge >= 0.3 is 0 Å². The van der Waals surface area contributed by atoms with E-state index in [-0.39, 0.29) is 6.42 Å². The molecule has 0 spiro atoms. The van der Waals surface area contributed by atoms with Crippen LogP contribution in [-0.4, -0.2) is 29.8 Å². The van der Waals surface area contributed by atoms with Gasteiger partial charge in [-0.2, -0.15) is 0 Å². The molecular weight excluding hydrogens is 421 g/mol. The lowest BCUT2D eigenvalue weighted by Crippen LogP contribution is -2.55. The van der Waals surface area contributed by atoms with Crippen LogP contribution in [0.2, 0.25) is 0 Å². The number of hydrogen-bond donors (Lipinski definition) is 3. The second-order valence-corrected chi connectivity index (χ2v) is 8.13. The van der Waals surface area contributed by atoms with Crippen molar-refractivity contribution in [3.05, 3.63) is 95.3 Å². The number of fused-ring (bicyclic) bond motifs is 3. The fraction of sp³-hybridized carbons (Fsp3) is 0.192. The van der Waals surface area contributed by atoms with Gasteiger partial charge in [-0.3, -0.25) is 14.4 Å². The zero-order valence-corrected chi connectivity index (χ0v) is 18.0. The Morgan fingerprint density at radius 2 is 1.52 bits per heavy atom. The van der Waals surface area contributed by atoms with Gasteiger partial charge in [-0.1, -0.05) is 60.7 Å². The number of hydrogen-bond acceptors (Lipinski definition) is 3. The van der Waals surface area contributed by atoms with Gasteiger partial charge in [0.15, 0.2) is 0 Å². The van der Waals surface area contributed by atoms with Crippen molar-refractivity contribution in [2.45, 2.75) is 31.3 Å². The normalized spacial score (nSPS) is 14.0. The summed E-state index contributed by atoms with van der Waals surface area (Å²) in [6.45, 7) is 1.29. The van der Waals surface area contributed by atoms with Crippen LogP contribution in [-0.2, 0) is 20.8 Å². The van der Waals surface area contributed by atoms with Crippen molar-refractivity contribution in [1.29, 1.82) is 0 Å². The summed E-state index contributed by atoms with van der Waals surface area (Å²) in [5.41, 5.74) is 10.1. The molecule has 0 bridgehead atoms. The molecule has 4 N–H and O–H groups in total. The highest BCUT2D eigenvalue weighted by Gasteiger charge is 2.38. The van der Waals surface area contributed by atoms with Crippen LogP contribution in [0.4, 0.5) is 4.39 Å². The molecule has 0 saturated heterocycles. The van der Waals surface area contributed by atoms with Crippen molar-refractivity contribution >= 4 is 17.7 Å². The van der Waals surface area contributed by atoms with E-state index in [0.29, 0.717) is 5.56 Å². The lowest BCUT2D eigenvalue weighted by atomic mass is 9.88. The molecule has 0 heterocycles. The molecule has 0 saturated carbocycles. The first-order valence-electron chi connectivity index (χ1n) is 10.6. The average Bonchev–Trinajstić information content (AvgIpc) is 3.11. The summed E-state index contributed by atoms with van der Waals surface area (Å²) in [6, 6.07) is 19.1. The van der Waals surface area contributed by atoms with E-state index in [1.807, 2.05) is 48.5 Å². The minimum Gasteiger partial charge on any atom is -0.368 e. The quantitative estimate of drug-likeness (QED) is 0.521. The van der Waals surface area contributed by atoms with Crippen LogP contribution in [0.25, 0.3) is 11.1 Å². The zero-order chi connectivity index (χ0) is 23.5. The van der Waals surface area contributed by atoms with E-state index in [0.717, 1.165) is 22.3 Å². The number of carbonyl (C=O) groups excluding carboxylic acids is 3. The molecule has 4 rings (SSSR count). The van der Waals surface area contributed by atoms with Crippen LogP contribution in [0, 0.1) is 5.82 Å². The molecule has 6 nitrogen and oxygen atoms in total. The number of nitrogens with one attached hydrogen (secondary N) is 2. The van der Waals surface area contributed by atoms with Gasteiger partial charge in [0.25, 0.3) is 0 Å². The first kappa shape index (κ1) is 22.2. The van der Waals surface area contributed by atoms with Crippen molar-refractivity contribution in [3.63, 3.8) is 0 Å². The molecule has 0 unspecified atom stereocenters. The van der Waals surface area contributed by atoms with Crippen molar-refractivity contribution in [1.82, 2.24) is 10.6 Å². The van der Waals surface area contributed by atoms with E-state index in [9.17, 15) is 18.8 Å². The summed E-state index contributed by atoms with van der Waals surface area (Å²) in [5.74, 6) is -2.58. The van der Waals surface area contributed by atoms with E-state index < -0.39 is 41.5 Å². The standard InChI is InChI=1S/C26H24FN3O3/c1-15(31)29-22(14-16-7-6-8-17(27)13-16)26(33)30-24(25(28)32)23-20-11-4-2-9-18(20)19-10-3-5-12-21(19)23/h2-13,22-24H,14H2,1H3,(H2,28,32)(H,29,31)(H,30,33)/t22-,24+/m1/s1. The van der Waals surface area contributed by atoms with Crippen LogP contribution in [0.5, 0.6) is 0 Å². The molecule has 1 aliphatic carbocycles. The van der Waals surface area contributed by atoms with Gasteiger partial charge < -0.3 is 16.4 Å². The molecule has 168 valence electrons. The Bertz CT molecular complexity index is 1180. The maximum absolute atomic E-state index is 13.6. The fourth-order valence-corrected chi connectivity index (χ4v) is 4.48. The molecule has 0 fully saturated rings. The first-order valence-corrected chi connectivity index (χ1v) is 10.6. The van der Waals surface area contributed by atoms with Crippen LogP contribution in [0.15, 0.2) is 72.8 Å². The highest BCUT2D eigenvalue weighted by Crippen LogP contribution is 2.46. The van der Waals surface area contributed by atoms with Crippen LogP contribution in [0.1, 0.15) is 29.5 Å². The number of nitrogens with two attached hydrogens (primary N) is 1. The third-order valence-electron chi connectivity index (χ3n) is 5.84. The van der Waals surface area contributed by atoms with Crippen LogP contribution < -0.4 is 16.4 Å². The van der Waals surface area contributed by atoms with E-state index in [1.54, 1.807) is 6.07 Å². The molecule has 0 aromatic heterocycles. The summed E-state index contributed by atoms with van der Waals surface area (Å²) in [6.07, 6.45) is 0.0620. The van der Waals surface area contributed by atoms with Crippen molar-refractivity contribution in [2.24, 2.45) is 5.73 Å². The van der Waals surface area contributed by atoms with Crippen molar-refractivity contribution in [2.75, 3.05) is 0 Å². The number of amides is 3. The maximum atomic E-state index is 13.6. The second kappa shape index (κ2) is 9.24. The smallest absolute Gasteiger partial charge is 0.243 e. The lowest BCUT2D eigenvalue weighted by molar-refractivity contribution is -0.131. The second-order valence-electron chi connectivity index (χ2n) is 8.13. The number of halogens is 1. The molecule has 2 atom stereocenters. The molecule has 0 aliphatic heterocycles. The maximum Gasteiger partial charge on any atom is 0.243 e.